The second kappa shape index (κ2) is 11.3. The van der Waals surface area contributed by atoms with Gasteiger partial charge in [0.05, 0.1) is 11.4 Å². The minimum Gasteiger partial charge on any atom is -0.228 e. The average Bonchev–Trinajstić information content (AvgIpc) is 3.43. The first-order chi connectivity index (χ1) is 25.0. The maximum atomic E-state index is 5.36. The minimum atomic E-state index is -0.114. The molecule has 0 N–H and O–H groups in total. The van der Waals surface area contributed by atoms with Crippen molar-refractivity contribution in [3.8, 4) is 56.2 Å². The van der Waals surface area contributed by atoms with Crippen LogP contribution in [-0.2, 0) is 5.41 Å². The van der Waals surface area contributed by atoms with E-state index in [0.29, 0.717) is 0 Å². The molecule has 240 valence electrons. The predicted octanol–water partition coefficient (Wildman–Crippen LogP) is 12.9. The molecule has 1 aliphatic carbocycles. The number of hydrogen-bond donors (Lipinski definition) is 0. The van der Waals surface area contributed by atoms with Crippen LogP contribution in [-0.4, -0.2) is 9.97 Å². The van der Waals surface area contributed by atoms with Crippen molar-refractivity contribution in [2.75, 3.05) is 0 Å². The minimum absolute atomic E-state index is 0.114. The maximum Gasteiger partial charge on any atom is 0.161 e. The summed E-state index contributed by atoms with van der Waals surface area (Å²) in [5.74, 6) is 0.723. The molecule has 0 atom stereocenters. The van der Waals surface area contributed by atoms with Gasteiger partial charge in [0.25, 0.3) is 0 Å². The van der Waals surface area contributed by atoms with Crippen molar-refractivity contribution >= 4 is 32.3 Å². The normalized spacial score (nSPS) is 13.1. The zero-order chi connectivity index (χ0) is 34.1. The number of nitrogens with zero attached hydrogens (tertiary/aromatic N) is 2. The smallest absolute Gasteiger partial charge is 0.161 e. The summed E-state index contributed by atoms with van der Waals surface area (Å²) >= 11 is 0. The Kier molecular flexibility index (Phi) is 6.56. The lowest BCUT2D eigenvalue weighted by molar-refractivity contribution is 0.662. The highest BCUT2D eigenvalue weighted by Crippen LogP contribution is 2.53. The van der Waals surface area contributed by atoms with Crippen molar-refractivity contribution in [2.24, 2.45) is 0 Å². The van der Waals surface area contributed by atoms with Crippen LogP contribution in [0.2, 0.25) is 0 Å². The number of hydrogen-bond acceptors (Lipinski definition) is 2. The average molecular weight is 651 g/mol. The Morgan fingerprint density at radius 1 is 0.373 bits per heavy atom. The standard InChI is InChI=1S/C49H34N2/c1-49(2)44-24-10-9-20-39(44)42-22-12-21-41(47(42)49)38-27-28-40(37-19-8-7-18-36(37)38)46-30-45(34-26-25-31-13-3-4-15-33(31)29-34)50-48(51-46)43-23-11-16-32-14-5-6-17-35(32)43/h3-30H,1-2H3. The summed E-state index contributed by atoms with van der Waals surface area (Å²) in [5, 5.41) is 7.11. The lowest BCUT2D eigenvalue weighted by atomic mass is 9.78. The fourth-order valence-electron chi connectivity index (χ4n) is 8.45. The summed E-state index contributed by atoms with van der Waals surface area (Å²) in [4.78, 5) is 10.6. The largest absolute Gasteiger partial charge is 0.228 e. The Hall–Kier alpha value is -6.38. The van der Waals surface area contributed by atoms with Gasteiger partial charge in [-0.2, -0.15) is 0 Å². The third-order valence-corrected chi connectivity index (χ3v) is 10.9. The van der Waals surface area contributed by atoms with Gasteiger partial charge in [-0.3, -0.25) is 0 Å². The third-order valence-electron chi connectivity index (χ3n) is 10.9. The van der Waals surface area contributed by atoms with Crippen LogP contribution < -0.4 is 0 Å². The SMILES string of the molecule is CC1(C)c2ccccc2-c2cccc(-c3ccc(-c4cc(-c5ccc6ccccc6c5)nc(-c5cccc6ccccc56)n4)c4ccccc34)c21. The first-order valence-corrected chi connectivity index (χ1v) is 17.7. The molecule has 8 aromatic carbocycles. The van der Waals surface area contributed by atoms with Gasteiger partial charge < -0.3 is 0 Å². The molecular weight excluding hydrogens is 617 g/mol. The van der Waals surface area contributed by atoms with Crippen LogP contribution in [0.5, 0.6) is 0 Å². The van der Waals surface area contributed by atoms with E-state index in [0.717, 1.165) is 39.3 Å². The van der Waals surface area contributed by atoms with E-state index in [2.05, 4.69) is 184 Å². The molecule has 1 aliphatic rings. The zero-order valence-corrected chi connectivity index (χ0v) is 28.6. The molecule has 0 amide bonds. The molecule has 0 saturated heterocycles. The van der Waals surface area contributed by atoms with Gasteiger partial charge in [-0.1, -0.05) is 172 Å². The lowest BCUT2D eigenvalue weighted by Crippen LogP contribution is -2.16. The number of aromatic nitrogens is 2. The zero-order valence-electron chi connectivity index (χ0n) is 28.6. The Bertz CT molecular complexity index is 2840. The van der Waals surface area contributed by atoms with E-state index in [1.165, 1.54) is 60.3 Å². The van der Waals surface area contributed by atoms with Crippen LogP contribution >= 0.6 is 0 Å². The van der Waals surface area contributed by atoms with Crippen molar-refractivity contribution in [3.63, 3.8) is 0 Å². The first kappa shape index (κ1) is 29.5. The highest BCUT2D eigenvalue weighted by atomic mass is 14.9. The van der Waals surface area contributed by atoms with E-state index in [9.17, 15) is 0 Å². The molecule has 0 bridgehead atoms. The monoisotopic (exact) mass is 650 g/mol. The third kappa shape index (κ3) is 4.64. The van der Waals surface area contributed by atoms with Gasteiger partial charge in [0.1, 0.15) is 0 Å². The molecule has 0 unspecified atom stereocenters. The molecule has 10 rings (SSSR count). The van der Waals surface area contributed by atoms with Crippen LogP contribution in [0.3, 0.4) is 0 Å². The van der Waals surface area contributed by atoms with Gasteiger partial charge in [0.15, 0.2) is 5.82 Å². The van der Waals surface area contributed by atoms with Gasteiger partial charge in [-0.25, -0.2) is 9.97 Å². The van der Waals surface area contributed by atoms with Crippen molar-refractivity contribution in [3.05, 3.63) is 181 Å². The molecule has 0 saturated carbocycles. The maximum absolute atomic E-state index is 5.36. The quantitative estimate of drug-likeness (QED) is 0.189. The van der Waals surface area contributed by atoms with Crippen molar-refractivity contribution < 1.29 is 0 Å². The highest BCUT2D eigenvalue weighted by Gasteiger charge is 2.37. The van der Waals surface area contributed by atoms with E-state index in [-0.39, 0.29) is 5.41 Å². The summed E-state index contributed by atoms with van der Waals surface area (Å²) in [7, 11) is 0. The Balaban J connectivity index is 1.20. The van der Waals surface area contributed by atoms with Gasteiger partial charge in [0, 0.05) is 22.1 Å². The molecule has 0 radical (unpaired) electrons. The summed E-state index contributed by atoms with van der Waals surface area (Å²) < 4.78 is 0. The summed E-state index contributed by atoms with van der Waals surface area (Å²) in [6.07, 6.45) is 0. The second-order valence-electron chi connectivity index (χ2n) is 14.2. The number of benzene rings is 8. The van der Waals surface area contributed by atoms with Crippen LogP contribution in [0.4, 0.5) is 0 Å². The Labute approximate surface area is 297 Å². The highest BCUT2D eigenvalue weighted by molar-refractivity contribution is 6.07. The van der Waals surface area contributed by atoms with Gasteiger partial charge in [-0.05, 0) is 77.8 Å². The van der Waals surface area contributed by atoms with Crippen molar-refractivity contribution in [2.45, 2.75) is 19.3 Å². The number of rotatable bonds is 4. The van der Waals surface area contributed by atoms with E-state index in [4.69, 9.17) is 9.97 Å². The summed E-state index contributed by atoms with van der Waals surface area (Å²) in [5.41, 5.74) is 12.9. The van der Waals surface area contributed by atoms with E-state index < -0.39 is 0 Å². The van der Waals surface area contributed by atoms with Crippen LogP contribution in [0.25, 0.3) is 88.5 Å². The first-order valence-electron chi connectivity index (χ1n) is 17.7. The Morgan fingerprint density at radius 2 is 0.941 bits per heavy atom. The Morgan fingerprint density at radius 3 is 1.78 bits per heavy atom. The molecule has 51 heavy (non-hydrogen) atoms. The summed E-state index contributed by atoms with van der Waals surface area (Å²) in [6, 6.07) is 61.2. The molecular formula is C49H34N2. The van der Waals surface area contributed by atoms with E-state index in [1.54, 1.807) is 0 Å². The van der Waals surface area contributed by atoms with Crippen LogP contribution in [0, 0.1) is 0 Å². The molecule has 0 aliphatic heterocycles. The van der Waals surface area contributed by atoms with E-state index in [1.807, 2.05) is 0 Å². The molecule has 9 aromatic rings. The predicted molar refractivity (Wildman–Crippen MR) is 214 cm³/mol. The molecule has 0 fully saturated rings. The molecule has 0 spiro atoms. The molecule has 1 aromatic heterocycles. The molecule has 2 heteroatoms. The molecule has 1 heterocycles. The topological polar surface area (TPSA) is 25.8 Å². The van der Waals surface area contributed by atoms with Crippen LogP contribution in [0.1, 0.15) is 25.0 Å². The van der Waals surface area contributed by atoms with Crippen molar-refractivity contribution in [1.29, 1.82) is 0 Å². The number of fused-ring (bicyclic) bond motifs is 6. The van der Waals surface area contributed by atoms with Gasteiger partial charge >= 0.3 is 0 Å². The van der Waals surface area contributed by atoms with Gasteiger partial charge in [0.2, 0.25) is 0 Å². The van der Waals surface area contributed by atoms with E-state index >= 15 is 0 Å². The fourth-order valence-corrected chi connectivity index (χ4v) is 8.45. The second-order valence-corrected chi connectivity index (χ2v) is 14.2. The van der Waals surface area contributed by atoms with Crippen molar-refractivity contribution in [1.82, 2.24) is 9.97 Å². The van der Waals surface area contributed by atoms with Crippen LogP contribution in [0.15, 0.2) is 170 Å². The lowest BCUT2D eigenvalue weighted by Gasteiger charge is -2.25. The fraction of sp³-hybridized carbons (Fsp3) is 0.0612. The molecule has 2 nitrogen and oxygen atoms in total. The summed E-state index contributed by atoms with van der Waals surface area (Å²) in [6.45, 7) is 4.73. The van der Waals surface area contributed by atoms with Gasteiger partial charge in [-0.15, -0.1) is 0 Å².